The van der Waals surface area contributed by atoms with Gasteiger partial charge in [0.05, 0.1) is 6.10 Å². The number of aliphatic hydroxyl groups excluding tert-OH is 1. The molecule has 3 heteroatoms. The van der Waals surface area contributed by atoms with Crippen LogP contribution in [0.5, 0.6) is 0 Å². The van der Waals surface area contributed by atoms with Crippen molar-refractivity contribution in [3.63, 3.8) is 0 Å². The Morgan fingerprint density at radius 1 is 1.50 bits per heavy atom. The molecule has 88 valence electrons. The fourth-order valence-corrected chi connectivity index (χ4v) is 2.27. The van der Waals surface area contributed by atoms with Crippen molar-refractivity contribution >= 4 is 5.69 Å². The first-order chi connectivity index (χ1) is 7.72. The predicted octanol–water partition coefficient (Wildman–Crippen LogP) is 1.67. The summed E-state index contributed by atoms with van der Waals surface area (Å²) in [4.78, 5) is 2.23. The van der Waals surface area contributed by atoms with Crippen LogP contribution in [-0.4, -0.2) is 24.3 Å². The summed E-state index contributed by atoms with van der Waals surface area (Å²) in [7, 11) is 0. The Balaban J connectivity index is 2.26. The van der Waals surface area contributed by atoms with Crippen LogP contribution < -0.4 is 10.6 Å². The molecule has 1 aliphatic heterocycles. The van der Waals surface area contributed by atoms with Crippen molar-refractivity contribution in [1.29, 1.82) is 0 Å². The first-order valence-electron chi connectivity index (χ1n) is 6.00. The van der Waals surface area contributed by atoms with Crippen molar-refractivity contribution in [1.82, 2.24) is 0 Å². The molecule has 2 atom stereocenters. The molecule has 16 heavy (non-hydrogen) atoms. The van der Waals surface area contributed by atoms with Gasteiger partial charge in [-0.25, -0.2) is 0 Å². The van der Waals surface area contributed by atoms with Crippen LogP contribution in [0.3, 0.4) is 0 Å². The van der Waals surface area contributed by atoms with Gasteiger partial charge < -0.3 is 15.7 Å². The molecule has 1 aromatic carbocycles. The summed E-state index contributed by atoms with van der Waals surface area (Å²) in [5.41, 5.74) is 8.49. The summed E-state index contributed by atoms with van der Waals surface area (Å²) in [5.74, 6) is 0. The van der Waals surface area contributed by atoms with E-state index in [0.29, 0.717) is 0 Å². The van der Waals surface area contributed by atoms with Crippen molar-refractivity contribution in [3.05, 3.63) is 29.8 Å². The summed E-state index contributed by atoms with van der Waals surface area (Å²) in [6.45, 7) is 3.75. The van der Waals surface area contributed by atoms with E-state index in [0.717, 1.165) is 25.9 Å². The van der Waals surface area contributed by atoms with Crippen molar-refractivity contribution in [2.24, 2.45) is 5.73 Å². The molecule has 0 aromatic heterocycles. The minimum absolute atomic E-state index is 0.0916. The number of hydrogen-bond donors (Lipinski definition) is 2. The van der Waals surface area contributed by atoms with E-state index in [4.69, 9.17) is 5.73 Å². The molecular weight excluding hydrogens is 200 g/mol. The predicted molar refractivity (Wildman–Crippen MR) is 66.5 cm³/mol. The zero-order valence-electron chi connectivity index (χ0n) is 9.76. The largest absolute Gasteiger partial charge is 0.391 e. The van der Waals surface area contributed by atoms with E-state index in [9.17, 15) is 5.11 Å². The molecule has 3 N–H and O–H groups in total. The van der Waals surface area contributed by atoms with E-state index in [1.165, 1.54) is 11.3 Å². The maximum atomic E-state index is 9.57. The Morgan fingerprint density at radius 3 is 2.88 bits per heavy atom. The highest BCUT2D eigenvalue weighted by Gasteiger charge is 2.23. The molecule has 0 amide bonds. The molecule has 1 unspecified atom stereocenters. The van der Waals surface area contributed by atoms with Gasteiger partial charge in [0.15, 0.2) is 0 Å². The SMILES string of the molecule is CC[C@H](N)c1ccccc1N1CCC(O)C1. The normalized spacial score (nSPS) is 22.4. The van der Waals surface area contributed by atoms with E-state index in [2.05, 4.69) is 24.0 Å². The number of benzene rings is 1. The molecule has 1 fully saturated rings. The molecule has 3 nitrogen and oxygen atoms in total. The molecule has 0 aliphatic carbocycles. The van der Waals surface area contributed by atoms with Crippen LogP contribution in [0, 0.1) is 0 Å². The van der Waals surface area contributed by atoms with Crippen LogP contribution >= 0.6 is 0 Å². The van der Waals surface area contributed by atoms with Crippen molar-refractivity contribution in [3.8, 4) is 0 Å². The Labute approximate surface area is 96.9 Å². The minimum Gasteiger partial charge on any atom is -0.391 e. The van der Waals surface area contributed by atoms with Crippen LogP contribution in [0.25, 0.3) is 0 Å². The van der Waals surface area contributed by atoms with Crippen molar-refractivity contribution < 1.29 is 5.11 Å². The van der Waals surface area contributed by atoms with Gasteiger partial charge >= 0.3 is 0 Å². The summed E-state index contributed by atoms with van der Waals surface area (Å²) in [6.07, 6.45) is 1.61. The highest BCUT2D eigenvalue weighted by Crippen LogP contribution is 2.29. The van der Waals surface area contributed by atoms with Gasteiger partial charge in [-0.2, -0.15) is 0 Å². The zero-order chi connectivity index (χ0) is 11.5. The molecule has 1 heterocycles. The first-order valence-corrected chi connectivity index (χ1v) is 6.00. The third kappa shape index (κ3) is 2.20. The fraction of sp³-hybridized carbons (Fsp3) is 0.538. The lowest BCUT2D eigenvalue weighted by molar-refractivity contribution is 0.198. The van der Waals surface area contributed by atoms with Gasteiger partial charge in [-0.3, -0.25) is 0 Å². The van der Waals surface area contributed by atoms with Crippen molar-refractivity contribution in [2.75, 3.05) is 18.0 Å². The van der Waals surface area contributed by atoms with E-state index in [1.54, 1.807) is 0 Å². The lowest BCUT2D eigenvalue weighted by Gasteiger charge is -2.23. The molecule has 0 radical (unpaired) electrons. The number of β-amino-alcohol motifs (C(OH)–C–C–N with tert-alkyl or cyclic N) is 1. The molecule has 1 aliphatic rings. The topological polar surface area (TPSA) is 49.5 Å². The molecule has 1 aromatic rings. The number of nitrogens with zero attached hydrogens (tertiary/aromatic N) is 1. The highest BCUT2D eigenvalue weighted by molar-refractivity contribution is 5.55. The molecule has 1 saturated heterocycles. The van der Waals surface area contributed by atoms with Gasteiger partial charge in [-0.05, 0) is 24.5 Å². The average molecular weight is 220 g/mol. The monoisotopic (exact) mass is 220 g/mol. The lowest BCUT2D eigenvalue weighted by atomic mass is 10.0. The number of anilines is 1. The lowest BCUT2D eigenvalue weighted by Crippen LogP contribution is -2.24. The molecule has 0 bridgehead atoms. The fourth-order valence-electron chi connectivity index (χ4n) is 2.27. The Morgan fingerprint density at radius 2 is 2.25 bits per heavy atom. The molecular formula is C13H20N2O. The van der Waals surface area contributed by atoms with E-state index < -0.39 is 0 Å². The van der Waals surface area contributed by atoms with Crippen LogP contribution in [0.4, 0.5) is 5.69 Å². The van der Waals surface area contributed by atoms with E-state index >= 15 is 0 Å². The second-order valence-electron chi connectivity index (χ2n) is 4.46. The first kappa shape index (κ1) is 11.4. The Kier molecular flexibility index (Phi) is 3.46. The molecule has 0 spiro atoms. The number of nitrogens with two attached hydrogens (primary N) is 1. The maximum Gasteiger partial charge on any atom is 0.0731 e. The number of aliphatic hydroxyl groups is 1. The number of hydrogen-bond acceptors (Lipinski definition) is 3. The molecule has 0 saturated carbocycles. The van der Waals surface area contributed by atoms with Gasteiger partial charge in [-0.1, -0.05) is 25.1 Å². The highest BCUT2D eigenvalue weighted by atomic mass is 16.3. The van der Waals surface area contributed by atoms with Gasteiger partial charge in [0, 0.05) is 24.8 Å². The third-order valence-electron chi connectivity index (χ3n) is 3.28. The van der Waals surface area contributed by atoms with E-state index in [1.807, 2.05) is 12.1 Å². The smallest absolute Gasteiger partial charge is 0.0731 e. The summed E-state index contributed by atoms with van der Waals surface area (Å²) >= 11 is 0. The summed E-state index contributed by atoms with van der Waals surface area (Å²) in [6, 6.07) is 8.35. The summed E-state index contributed by atoms with van der Waals surface area (Å²) < 4.78 is 0. The van der Waals surface area contributed by atoms with E-state index in [-0.39, 0.29) is 12.1 Å². The van der Waals surface area contributed by atoms with Crippen LogP contribution in [-0.2, 0) is 0 Å². The quantitative estimate of drug-likeness (QED) is 0.814. The standard InChI is InChI=1S/C13H20N2O/c1-2-12(14)11-5-3-4-6-13(11)15-8-7-10(16)9-15/h3-6,10,12,16H,2,7-9,14H2,1H3/t10?,12-/m0/s1. The maximum absolute atomic E-state index is 9.57. The van der Waals surface area contributed by atoms with Gasteiger partial charge in [0.2, 0.25) is 0 Å². The second-order valence-corrected chi connectivity index (χ2v) is 4.46. The van der Waals surface area contributed by atoms with Gasteiger partial charge in [0.25, 0.3) is 0 Å². The Bertz CT molecular complexity index is 354. The number of para-hydroxylation sites is 1. The minimum atomic E-state index is -0.189. The van der Waals surface area contributed by atoms with Crippen LogP contribution in [0.2, 0.25) is 0 Å². The number of rotatable bonds is 3. The second kappa shape index (κ2) is 4.85. The van der Waals surface area contributed by atoms with Gasteiger partial charge in [0.1, 0.15) is 0 Å². The zero-order valence-corrected chi connectivity index (χ0v) is 9.76. The van der Waals surface area contributed by atoms with Crippen LogP contribution in [0.1, 0.15) is 31.4 Å². The molecule has 2 rings (SSSR count). The average Bonchev–Trinajstić information content (AvgIpc) is 2.75. The van der Waals surface area contributed by atoms with Crippen LogP contribution in [0.15, 0.2) is 24.3 Å². The third-order valence-corrected chi connectivity index (χ3v) is 3.28. The Hall–Kier alpha value is -1.06. The van der Waals surface area contributed by atoms with Gasteiger partial charge in [-0.15, -0.1) is 0 Å². The van der Waals surface area contributed by atoms with Crippen molar-refractivity contribution in [2.45, 2.75) is 31.9 Å². The summed E-state index contributed by atoms with van der Waals surface area (Å²) in [5, 5.41) is 9.57.